The van der Waals surface area contributed by atoms with Gasteiger partial charge in [-0.15, -0.1) is 0 Å². The Balaban J connectivity index is 3.56. The number of nitrogens with two attached hydrogens (primary N) is 1. The highest BCUT2D eigenvalue weighted by molar-refractivity contribution is 9.10. The van der Waals surface area contributed by atoms with E-state index in [0.717, 1.165) is 0 Å². The SMILES string of the molecule is COc1c(Cl)cc(Br)cc1S(N)(=O)=O. The lowest BCUT2D eigenvalue weighted by molar-refractivity contribution is 0.403. The lowest BCUT2D eigenvalue weighted by Gasteiger charge is -2.08. The smallest absolute Gasteiger partial charge is 0.241 e. The number of ether oxygens (including phenoxy) is 1. The summed E-state index contributed by atoms with van der Waals surface area (Å²) < 4.78 is 27.6. The number of sulfonamides is 1. The van der Waals surface area contributed by atoms with E-state index in [1.165, 1.54) is 19.2 Å². The summed E-state index contributed by atoms with van der Waals surface area (Å²) in [4.78, 5) is -0.139. The molecular formula is C7H7BrClNO3S. The predicted molar refractivity (Wildman–Crippen MR) is 57.1 cm³/mol. The van der Waals surface area contributed by atoms with Gasteiger partial charge in [0.15, 0.2) is 5.75 Å². The Morgan fingerprint density at radius 2 is 2.07 bits per heavy atom. The van der Waals surface area contributed by atoms with Gasteiger partial charge in [-0.1, -0.05) is 27.5 Å². The molecule has 14 heavy (non-hydrogen) atoms. The number of hydrogen-bond donors (Lipinski definition) is 1. The average molecular weight is 301 g/mol. The molecule has 0 saturated heterocycles. The Labute approximate surface area is 95.2 Å². The van der Waals surface area contributed by atoms with Crippen molar-refractivity contribution in [3.8, 4) is 5.75 Å². The third-order valence-electron chi connectivity index (χ3n) is 1.48. The molecular weight excluding hydrogens is 294 g/mol. The molecule has 0 spiro atoms. The number of methoxy groups -OCH3 is 1. The number of halogens is 2. The van der Waals surface area contributed by atoms with Crippen LogP contribution in [0.25, 0.3) is 0 Å². The van der Waals surface area contributed by atoms with E-state index in [0.29, 0.717) is 4.47 Å². The van der Waals surface area contributed by atoms with Crippen molar-refractivity contribution >= 4 is 37.6 Å². The molecule has 0 fully saturated rings. The van der Waals surface area contributed by atoms with Crippen LogP contribution in [0.5, 0.6) is 5.75 Å². The number of primary sulfonamides is 1. The fourth-order valence-corrected chi connectivity index (χ4v) is 2.78. The van der Waals surface area contributed by atoms with E-state index in [1.54, 1.807) is 0 Å². The molecule has 1 aromatic rings. The minimum Gasteiger partial charge on any atom is -0.494 e. The van der Waals surface area contributed by atoms with Crippen LogP contribution >= 0.6 is 27.5 Å². The van der Waals surface area contributed by atoms with Gasteiger partial charge in [-0.25, -0.2) is 13.6 Å². The Morgan fingerprint density at radius 3 is 2.50 bits per heavy atom. The van der Waals surface area contributed by atoms with Crippen LogP contribution in [-0.2, 0) is 10.0 Å². The predicted octanol–water partition coefficient (Wildman–Crippen LogP) is 1.76. The first-order chi connectivity index (χ1) is 6.36. The van der Waals surface area contributed by atoms with Crippen LogP contribution in [0.4, 0.5) is 0 Å². The summed E-state index contributed by atoms with van der Waals surface area (Å²) in [7, 11) is -2.51. The molecule has 7 heteroatoms. The fraction of sp³-hybridized carbons (Fsp3) is 0.143. The van der Waals surface area contributed by atoms with Crippen molar-refractivity contribution in [1.29, 1.82) is 0 Å². The van der Waals surface area contributed by atoms with Gasteiger partial charge in [0, 0.05) is 4.47 Å². The molecule has 0 saturated carbocycles. The van der Waals surface area contributed by atoms with Gasteiger partial charge in [0.1, 0.15) is 4.90 Å². The largest absolute Gasteiger partial charge is 0.494 e. The lowest BCUT2D eigenvalue weighted by atomic mass is 10.3. The van der Waals surface area contributed by atoms with E-state index in [-0.39, 0.29) is 15.7 Å². The van der Waals surface area contributed by atoms with E-state index in [9.17, 15) is 8.42 Å². The van der Waals surface area contributed by atoms with E-state index in [1.807, 2.05) is 0 Å². The number of benzene rings is 1. The lowest BCUT2D eigenvalue weighted by Crippen LogP contribution is -2.13. The summed E-state index contributed by atoms with van der Waals surface area (Å²) in [5.74, 6) is 0.0531. The molecule has 0 aliphatic carbocycles. The summed E-state index contributed by atoms with van der Waals surface area (Å²) in [5, 5.41) is 5.17. The van der Waals surface area contributed by atoms with Gasteiger partial charge in [0.2, 0.25) is 10.0 Å². The van der Waals surface area contributed by atoms with Crippen molar-refractivity contribution in [3.05, 3.63) is 21.6 Å². The van der Waals surface area contributed by atoms with Gasteiger partial charge in [-0.3, -0.25) is 0 Å². The zero-order valence-corrected chi connectivity index (χ0v) is 10.3. The number of rotatable bonds is 2. The molecule has 0 aromatic heterocycles. The summed E-state index contributed by atoms with van der Waals surface area (Å²) in [6.45, 7) is 0. The molecule has 1 aromatic carbocycles. The van der Waals surface area contributed by atoms with E-state index in [4.69, 9.17) is 21.5 Å². The molecule has 0 atom stereocenters. The highest BCUT2D eigenvalue weighted by Crippen LogP contribution is 2.34. The minimum absolute atomic E-state index is 0.0531. The maximum absolute atomic E-state index is 11.1. The first-order valence-corrected chi connectivity index (χ1v) is 6.14. The van der Waals surface area contributed by atoms with Crippen molar-refractivity contribution in [2.24, 2.45) is 5.14 Å². The van der Waals surface area contributed by atoms with Crippen LogP contribution in [0.15, 0.2) is 21.5 Å². The van der Waals surface area contributed by atoms with E-state index < -0.39 is 10.0 Å². The van der Waals surface area contributed by atoms with Crippen LogP contribution in [0.2, 0.25) is 5.02 Å². The highest BCUT2D eigenvalue weighted by Gasteiger charge is 2.18. The van der Waals surface area contributed by atoms with Crippen LogP contribution in [0, 0.1) is 0 Å². The maximum atomic E-state index is 11.1. The molecule has 4 nitrogen and oxygen atoms in total. The van der Waals surface area contributed by atoms with E-state index in [2.05, 4.69) is 15.9 Å². The van der Waals surface area contributed by atoms with Crippen molar-refractivity contribution in [2.75, 3.05) is 7.11 Å². The second-order valence-electron chi connectivity index (χ2n) is 2.46. The molecule has 2 N–H and O–H groups in total. The summed E-state index contributed by atoms with van der Waals surface area (Å²) >= 11 is 8.87. The van der Waals surface area contributed by atoms with Gasteiger partial charge >= 0.3 is 0 Å². The summed E-state index contributed by atoms with van der Waals surface area (Å²) in [6, 6.07) is 2.86. The monoisotopic (exact) mass is 299 g/mol. The second kappa shape index (κ2) is 4.06. The molecule has 0 heterocycles. The third kappa shape index (κ3) is 2.38. The van der Waals surface area contributed by atoms with Crippen LogP contribution in [0.3, 0.4) is 0 Å². The average Bonchev–Trinajstić information content (AvgIpc) is 2.01. The summed E-state index contributed by atoms with van der Waals surface area (Å²) in [5.41, 5.74) is 0. The van der Waals surface area contributed by atoms with Gasteiger partial charge in [-0.05, 0) is 12.1 Å². The second-order valence-corrected chi connectivity index (χ2v) is 5.32. The highest BCUT2D eigenvalue weighted by atomic mass is 79.9. The van der Waals surface area contributed by atoms with Crippen molar-refractivity contribution in [1.82, 2.24) is 0 Å². The van der Waals surface area contributed by atoms with Gasteiger partial charge < -0.3 is 4.74 Å². The topological polar surface area (TPSA) is 69.4 Å². The van der Waals surface area contributed by atoms with Crippen LogP contribution < -0.4 is 9.88 Å². The van der Waals surface area contributed by atoms with Crippen LogP contribution in [-0.4, -0.2) is 15.5 Å². The first kappa shape index (κ1) is 11.8. The Hall–Kier alpha value is -0.300. The summed E-state index contributed by atoms with van der Waals surface area (Å²) in [6.07, 6.45) is 0. The zero-order valence-electron chi connectivity index (χ0n) is 7.12. The Kier molecular flexibility index (Phi) is 3.41. The molecule has 0 unspecified atom stereocenters. The van der Waals surface area contributed by atoms with Gasteiger partial charge in [0.25, 0.3) is 0 Å². The normalized spacial score (nSPS) is 11.4. The number of hydrogen-bond acceptors (Lipinski definition) is 3. The van der Waals surface area contributed by atoms with Crippen LogP contribution in [0.1, 0.15) is 0 Å². The maximum Gasteiger partial charge on any atom is 0.241 e. The third-order valence-corrected chi connectivity index (χ3v) is 3.14. The molecule has 0 amide bonds. The van der Waals surface area contributed by atoms with Crippen molar-refractivity contribution in [3.63, 3.8) is 0 Å². The minimum atomic E-state index is -3.83. The standard InChI is InChI=1S/C7H7BrClNO3S/c1-13-7-5(9)2-4(8)3-6(7)14(10,11)12/h2-3H,1H3,(H2,10,11,12). The quantitative estimate of drug-likeness (QED) is 0.905. The first-order valence-electron chi connectivity index (χ1n) is 3.42. The molecule has 0 aliphatic rings. The molecule has 78 valence electrons. The Morgan fingerprint density at radius 1 is 1.50 bits per heavy atom. The van der Waals surface area contributed by atoms with Crippen molar-refractivity contribution in [2.45, 2.75) is 4.90 Å². The van der Waals surface area contributed by atoms with Gasteiger partial charge in [0.05, 0.1) is 12.1 Å². The molecule has 0 bridgehead atoms. The van der Waals surface area contributed by atoms with Crippen molar-refractivity contribution < 1.29 is 13.2 Å². The molecule has 0 radical (unpaired) electrons. The zero-order chi connectivity index (χ0) is 10.9. The Bertz CT molecular complexity index is 460. The molecule has 1 rings (SSSR count). The molecule has 0 aliphatic heterocycles. The van der Waals surface area contributed by atoms with E-state index >= 15 is 0 Å². The fourth-order valence-electron chi connectivity index (χ4n) is 0.946. The van der Waals surface area contributed by atoms with Gasteiger partial charge in [-0.2, -0.15) is 0 Å².